The number of carbonyl (C=O) groups excluding carboxylic acids is 1. The molecule has 0 radical (unpaired) electrons. The van der Waals surface area contributed by atoms with Crippen molar-refractivity contribution in [3.05, 3.63) is 0 Å². The highest BCUT2D eigenvalue weighted by molar-refractivity contribution is 5.77. The van der Waals surface area contributed by atoms with E-state index in [0.29, 0.717) is 19.5 Å². The van der Waals surface area contributed by atoms with Gasteiger partial charge in [-0.15, -0.1) is 0 Å². The maximum absolute atomic E-state index is 12.2. The normalized spacial score (nSPS) is 26.3. The summed E-state index contributed by atoms with van der Waals surface area (Å²) in [6.45, 7) is 9.26. The second-order valence-corrected chi connectivity index (χ2v) is 6.78. The molecule has 5 nitrogen and oxygen atoms in total. The molecular formula is C14H28N2O3. The van der Waals surface area contributed by atoms with Gasteiger partial charge in [-0.3, -0.25) is 4.79 Å². The Balaban J connectivity index is 2.48. The predicted octanol–water partition coefficient (Wildman–Crippen LogP) is 0.748. The molecule has 5 heteroatoms. The number of rotatable bonds is 4. The Labute approximate surface area is 116 Å². The van der Waals surface area contributed by atoms with Gasteiger partial charge in [0.2, 0.25) is 5.91 Å². The molecule has 1 fully saturated rings. The van der Waals surface area contributed by atoms with E-state index in [1.165, 1.54) is 0 Å². The molecule has 1 saturated heterocycles. The standard InChI is InChI=1S/C14H28N2O3/c1-10-7-16(8-12(9-17)19-10)13(18)5-11(15)6-14(2,3)4/h10-12,17H,5-9,15H2,1-4H3. The van der Waals surface area contributed by atoms with Crippen molar-refractivity contribution >= 4 is 5.91 Å². The first-order valence-electron chi connectivity index (χ1n) is 7.01. The fraction of sp³-hybridized carbons (Fsp3) is 0.929. The van der Waals surface area contributed by atoms with Crippen LogP contribution in [0.2, 0.25) is 0 Å². The molecule has 0 aromatic heterocycles. The molecule has 3 unspecified atom stereocenters. The molecule has 1 rings (SSSR count). The molecule has 1 amide bonds. The zero-order valence-electron chi connectivity index (χ0n) is 12.6. The second-order valence-electron chi connectivity index (χ2n) is 6.78. The van der Waals surface area contributed by atoms with Crippen LogP contribution in [0.4, 0.5) is 0 Å². The molecule has 0 bridgehead atoms. The Kier molecular flexibility index (Phi) is 5.77. The zero-order chi connectivity index (χ0) is 14.6. The molecule has 0 aliphatic carbocycles. The highest BCUT2D eigenvalue weighted by Crippen LogP contribution is 2.22. The topological polar surface area (TPSA) is 75.8 Å². The number of hydrogen-bond acceptors (Lipinski definition) is 4. The first kappa shape index (κ1) is 16.4. The Morgan fingerprint density at radius 2 is 2.11 bits per heavy atom. The minimum absolute atomic E-state index is 0.0336. The molecular weight excluding hydrogens is 244 g/mol. The fourth-order valence-corrected chi connectivity index (χ4v) is 2.56. The van der Waals surface area contributed by atoms with E-state index in [1.54, 1.807) is 4.90 Å². The Bertz CT molecular complexity index is 302. The smallest absolute Gasteiger partial charge is 0.224 e. The van der Waals surface area contributed by atoms with Crippen molar-refractivity contribution in [2.45, 2.75) is 58.8 Å². The SMILES string of the molecule is CC1CN(C(=O)CC(N)CC(C)(C)C)CC(CO)O1. The minimum atomic E-state index is -0.272. The largest absolute Gasteiger partial charge is 0.394 e. The number of morpholine rings is 1. The summed E-state index contributed by atoms with van der Waals surface area (Å²) < 4.78 is 5.53. The van der Waals surface area contributed by atoms with E-state index in [0.717, 1.165) is 6.42 Å². The van der Waals surface area contributed by atoms with Gasteiger partial charge in [-0.1, -0.05) is 20.8 Å². The lowest BCUT2D eigenvalue weighted by molar-refractivity contribution is -0.147. The monoisotopic (exact) mass is 272 g/mol. The lowest BCUT2D eigenvalue weighted by atomic mass is 9.87. The third kappa shape index (κ3) is 5.89. The highest BCUT2D eigenvalue weighted by Gasteiger charge is 2.29. The Morgan fingerprint density at radius 1 is 1.47 bits per heavy atom. The average molecular weight is 272 g/mol. The van der Waals surface area contributed by atoms with Gasteiger partial charge in [-0.05, 0) is 18.8 Å². The summed E-state index contributed by atoms with van der Waals surface area (Å²) in [5.41, 5.74) is 6.17. The summed E-state index contributed by atoms with van der Waals surface area (Å²) in [6.07, 6.45) is 0.879. The van der Waals surface area contributed by atoms with Crippen molar-refractivity contribution in [3.63, 3.8) is 0 Å². The van der Waals surface area contributed by atoms with Crippen LogP contribution in [-0.2, 0) is 9.53 Å². The molecule has 1 heterocycles. The molecule has 0 saturated carbocycles. The molecule has 1 aliphatic heterocycles. The number of aliphatic hydroxyl groups is 1. The van der Waals surface area contributed by atoms with Gasteiger partial charge in [0.1, 0.15) is 0 Å². The number of ether oxygens (including phenoxy) is 1. The first-order valence-corrected chi connectivity index (χ1v) is 7.01. The lowest BCUT2D eigenvalue weighted by Crippen LogP contribution is -2.51. The maximum Gasteiger partial charge on any atom is 0.224 e. The number of hydrogen-bond donors (Lipinski definition) is 2. The van der Waals surface area contributed by atoms with E-state index < -0.39 is 0 Å². The van der Waals surface area contributed by atoms with Gasteiger partial charge >= 0.3 is 0 Å². The van der Waals surface area contributed by atoms with Gasteiger partial charge in [0.25, 0.3) is 0 Å². The molecule has 0 aromatic carbocycles. The van der Waals surface area contributed by atoms with E-state index in [4.69, 9.17) is 15.6 Å². The fourth-order valence-electron chi connectivity index (χ4n) is 2.56. The maximum atomic E-state index is 12.2. The molecule has 3 N–H and O–H groups in total. The van der Waals surface area contributed by atoms with E-state index in [1.807, 2.05) is 6.92 Å². The van der Waals surface area contributed by atoms with Gasteiger partial charge < -0.3 is 20.5 Å². The van der Waals surface area contributed by atoms with Gasteiger partial charge in [-0.2, -0.15) is 0 Å². The van der Waals surface area contributed by atoms with Crippen LogP contribution in [0.5, 0.6) is 0 Å². The second kappa shape index (κ2) is 6.68. The van der Waals surface area contributed by atoms with Crippen LogP contribution in [0, 0.1) is 5.41 Å². The van der Waals surface area contributed by atoms with E-state index in [9.17, 15) is 4.79 Å². The van der Waals surface area contributed by atoms with Crippen LogP contribution in [-0.4, -0.2) is 53.9 Å². The molecule has 0 spiro atoms. The van der Waals surface area contributed by atoms with E-state index in [-0.39, 0.29) is 36.2 Å². The van der Waals surface area contributed by atoms with Gasteiger partial charge in [0, 0.05) is 25.6 Å². The molecule has 1 aliphatic rings. The summed E-state index contributed by atoms with van der Waals surface area (Å²) in [4.78, 5) is 14.0. The summed E-state index contributed by atoms with van der Waals surface area (Å²) in [5, 5.41) is 9.16. The van der Waals surface area contributed by atoms with Crippen molar-refractivity contribution in [2.24, 2.45) is 11.1 Å². The first-order chi connectivity index (χ1) is 8.71. The molecule has 112 valence electrons. The predicted molar refractivity (Wildman–Crippen MR) is 74.7 cm³/mol. The Hall–Kier alpha value is -0.650. The van der Waals surface area contributed by atoms with Crippen molar-refractivity contribution in [3.8, 4) is 0 Å². The van der Waals surface area contributed by atoms with Crippen LogP contribution < -0.4 is 5.73 Å². The summed E-state index contributed by atoms with van der Waals surface area (Å²) >= 11 is 0. The van der Waals surface area contributed by atoms with Crippen molar-refractivity contribution in [1.82, 2.24) is 4.90 Å². The Morgan fingerprint density at radius 3 is 2.63 bits per heavy atom. The summed E-state index contributed by atoms with van der Waals surface area (Å²) in [6, 6.07) is -0.113. The van der Waals surface area contributed by atoms with Gasteiger partial charge in [0.15, 0.2) is 0 Å². The number of amides is 1. The van der Waals surface area contributed by atoms with Crippen LogP contribution in [0.25, 0.3) is 0 Å². The summed E-state index contributed by atoms with van der Waals surface area (Å²) in [7, 11) is 0. The van der Waals surface area contributed by atoms with Crippen molar-refractivity contribution < 1.29 is 14.6 Å². The average Bonchev–Trinajstić information content (AvgIpc) is 2.25. The van der Waals surface area contributed by atoms with Gasteiger partial charge in [-0.25, -0.2) is 0 Å². The van der Waals surface area contributed by atoms with Gasteiger partial charge in [0.05, 0.1) is 18.8 Å². The van der Waals surface area contributed by atoms with Crippen molar-refractivity contribution in [2.75, 3.05) is 19.7 Å². The number of nitrogens with two attached hydrogens (primary N) is 1. The third-order valence-corrected chi connectivity index (χ3v) is 3.19. The lowest BCUT2D eigenvalue weighted by Gasteiger charge is -2.36. The third-order valence-electron chi connectivity index (χ3n) is 3.19. The molecule has 3 atom stereocenters. The van der Waals surface area contributed by atoms with Crippen LogP contribution in [0.1, 0.15) is 40.5 Å². The molecule has 19 heavy (non-hydrogen) atoms. The highest BCUT2D eigenvalue weighted by atomic mass is 16.5. The number of nitrogens with zero attached hydrogens (tertiary/aromatic N) is 1. The van der Waals surface area contributed by atoms with E-state index >= 15 is 0 Å². The van der Waals surface area contributed by atoms with Crippen LogP contribution >= 0.6 is 0 Å². The summed E-state index contributed by atoms with van der Waals surface area (Å²) in [5.74, 6) is 0.0605. The van der Waals surface area contributed by atoms with Crippen LogP contribution in [0.3, 0.4) is 0 Å². The minimum Gasteiger partial charge on any atom is -0.394 e. The van der Waals surface area contributed by atoms with Crippen LogP contribution in [0.15, 0.2) is 0 Å². The number of aliphatic hydroxyl groups excluding tert-OH is 1. The van der Waals surface area contributed by atoms with E-state index in [2.05, 4.69) is 20.8 Å². The van der Waals surface area contributed by atoms with Crippen molar-refractivity contribution in [1.29, 1.82) is 0 Å². The number of carbonyl (C=O) groups is 1. The quantitative estimate of drug-likeness (QED) is 0.792. The molecule has 0 aromatic rings. The zero-order valence-corrected chi connectivity index (χ0v) is 12.6.